The number of imidazole rings is 1. The van der Waals surface area contributed by atoms with Crippen molar-refractivity contribution in [2.45, 2.75) is 44.2 Å². The standard InChI is InChI=1S/C22H26N4O2S/c1-4-8-20(27)23-15(2)22-25-18-11-5-6-12-19(18)26(22)14-21(28)24-16-9-7-10-17(13-16)29-3/h5-7,9-13,15H,4,8,14H2,1-3H3,(H,23,27)(H,24,28). The molecule has 0 saturated heterocycles. The number of thioether (sulfide) groups is 1. The van der Waals surface area contributed by atoms with Crippen molar-refractivity contribution in [3.63, 3.8) is 0 Å². The lowest BCUT2D eigenvalue weighted by Gasteiger charge is -2.16. The van der Waals surface area contributed by atoms with Gasteiger partial charge in [0.15, 0.2) is 0 Å². The van der Waals surface area contributed by atoms with E-state index >= 15 is 0 Å². The summed E-state index contributed by atoms with van der Waals surface area (Å²) in [7, 11) is 0. The highest BCUT2D eigenvalue weighted by atomic mass is 32.2. The molecule has 0 saturated carbocycles. The summed E-state index contributed by atoms with van der Waals surface area (Å²) < 4.78 is 1.87. The Morgan fingerprint density at radius 3 is 2.69 bits per heavy atom. The summed E-state index contributed by atoms with van der Waals surface area (Å²) in [5.74, 6) is 0.514. The van der Waals surface area contributed by atoms with Crippen LogP contribution in [0.25, 0.3) is 11.0 Å². The average molecular weight is 411 g/mol. The molecule has 3 aromatic rings. The quantitative estimate of drug-likeness (QED) is 0.541. The lowest BCUT2D eigenvalue weighted by atomic mass is 10.2. The maximum atomic E-state index is 12.8. The van der Waals surface area contributed by atoms with Crippen LogP contribution in [0.2, 0.25) is 0 Å². The molecule has 6 nitrogen and oxygen atoms in total. The maximum Gasteiger partial charge on any atom is 0.244 e. The van der Waals surface area contributed by atoms with Gasteiger partial charge in [-0.25, -0.2) is 4.98 Å². The molecule has 0 aliphatic rings. The van der Waals surface area contributed by atoms with Gasteiger partial charge in [-0.05, 0) is 49.9 Å². The number of benzene rings is 2. The van der Waals surface area contributed by atoms with Crippen LogP contribution in [-0.4, -0.2) is 27.6 Å². The molecule has 0 bridgehead atoms. The number of carbonyl (C=O) groups excluding carboxylic acids is 2. The van der Waals surface area contributed by atoms with Crippen molar-refractivity contribution in [1.82, 2.24) is 14.9 Å². The number of fused-ring (bicyclic) bond motifs is 1. The first-order valence-electron chi connectivity index (χ1n) is 9.70. The molecular formula is C22H26N4O2S. The minimum atomic E-state index is -0.297. The summed E-state index contributed by atoms with van der Waals surface area (Å²) in [6.45, 7) is 3.98. The van der Waals surface area contributed by atoms with Crippen LogP contribution in [0, 0.1) is 0 Å². The summed E-state index contributed by atoms with van der Waals surface area (Å²) in [5.41, 5.74) is 2.43. The van der Waals surface area contributed by atoms with Crippen molar-refractivity contribution in [2.24, 2.45) is 0 Å². The molecule has 1 unspecified atom stereocenters. The van der Waals surface area contributed by atoms with Crippen molar-refractivity contribution in [3.8, 4) is 0 Å². The second-order valence-corrected chi connectivity index (χ2v) is 7.74. The number of amides is 2. The third-order valence-electron chi connectivity index (χ3n) is 4.58. The van der Waals surface area contributed by atoms with Gasteiger partial charge < -0.3 is 15.2 Å². The first-order chi connectivity index (χ1) is 14.0. The van der Waals surface area contributed by atoms with Crippen LogP contribution in [0.3, 0.4) is 0 Å². The molecule has 29 heavy (non-hydrogen) atoms. The second kappa shape index (κ2) is 9.60. The van der Waals surface area contributed by atoms with Gasteiger partial charge in [-0.2, -0.15) is 0 Å². The van der Waals surface area contributed by atoms with Gasteiger partial charge in [0.25, 0.3) is 0 Å². The van der Waals surface area contributed by atoms with E-state index in [9.17, 15) is 9.59 Å². The Bertz CT molecular complexity index is 1010. The monoisotopic (exact) mass is 410 g/mol. The molecule has 0 fully saturated rings. The zero-order chi connectivity index (χ0) is 20.8. The molecule has 2 N–H and O–H groups in total. The lowest BCUT2D eigenvalue weighted by molar-refractivity contribution is -0.121. The molecule has 0 radical (unpaired) electrons. The van der Waals surface area contributed by atoms with Crippen molar-refractivity contribution < 1.29 is 9.59 Å². The Balaban J connectivity index is 1.84. The number of anilines is 1. The van der Waals surface area contributed by atoms with Gasteiger partial charge in [0, 0.05) is 17.0 Å². The Kier molecular flexibility index (Phi) is 6.93. The summed E-state index contributed by atoms with van der Waals surface area (Å²) in [6.07, 6.45) is 3.25. The molecule has 1 atom stereocenters. The van der Waals surface area contributed by atoms with Gasteiger partial charge in [0.1, 0.15) is 12.4 Å². The zero-order valence-corrected chi connectivity index (χ0v) is 17.8. The predicted octanol–water partition coefficient (Wildman–Crippen LogP) is 4.37. The van der Waals surface area contributed by atoms with Crippen molar-refractivity contribution >= 4 is 40.3 Å². The molecule has 152 valence electrons. The summed E-state index contributed by atoms with van der Waals surface area (Å²) in [6, 6.07) is 15.1. The van der Waals surface area contributed by atoms with Gasteiger partial charge in [-0.3, -0.25) is 9.59 Å². The zero-order valence-electron chi connectivity index (χ0n) is 16.9. The molecule has 3 rings (SSSR count). The van der Waals surface area contributed by atoms with Crippen LogP contribution < -0.4 is 10.6 Å². The van der Waals surface area contributed by atoms with Crippen molar-refractivity contribution in [3.05, 3.63) is 54.4 Å². The maximum absolute atomic E-state index is 12.8. The number of hydrogen-bond acceptors (Lipinski definition) is 4. The highest BCUT2D eigenvalue weighted by molar-refractivity contribution is 7.98. The van der Waals surface area contributed by atoms with E-state index in [2.05, 4.69) is 15.6 Å². The van der Waals surface area contributed by atoms with Gasteiger partial charge in [0.2, 0.25) is 11.8 Å². The van der Waals surface area contributed by atoms with Crippen LogP contribution in [0.4, 0.5) is 5.69 Å². The normalized spacial score (nSPS) is 12.0. The average Bonchev–Trinajstić information content (AvgIpc) is 3.07. The van der Waals surface area contributed by atoms with E-state index in [0.717, 1.165) is 28.0 Å². The number of nitrogens with zero attached hydrogens (tertiary/aromatic N) is 2. The number of hydrogen-bond donors (Lipinski definition) is 2. The molecule has 1 heterocycles. The highest BCUT2D eigenvalue weighted by Crippen LogP contribution is 2.22. The minimum absolute atomic E-state index is 0.0167. The third-order valence-corrected chi connectivity index (χ3v) is 5.31. The SMILES string of the molecule is CCCC(=O)NC(C)c1nc2ccccc2n1CC(=O)Nc1cccc(SC)c1. The fourth-order valence-electron chi connectivity index (χ4n) is 3.24. The smallest absolute Gasteiger partial charge is 0.244 e. The van der Waals surface area contributed by atoms with Gasteiger partial charge >= 0.3 is 0 Å². The topological polar surface area (TPSA) is 76.0 Å². The van der Waals surface area contributed by atoms with E-state index in [1.54, 1.807) is 11.8 Å². The highest BCUT2D eigenvalue weighted by Gasteiger charge is 2.20. The van der Waals surface area contributed by atoms with Crippen LogP contribution >= 0.6 is 11.8 Å². The van der Waals surface area contributed by atoms with E-state index in [0.29, 0.717) is 12.2 Å². The Labute approximate surface area is 175 Å². The van der Waals surface area contributed by atoms with Crippen LogP contribution in [0.5, 0.6) is 0 Å². The molecule has 7 heteroatoms. The molecule has 0 spiro atoms. The third kappa shape index (κ3) is 5.17. The van der Waals surface area contributed by atoms with Crippen LogP contribution in [0.1, 0.15) is 38.6 Å². The molecular weight excluding hydrogens is 384 g/mol. The summed E-state index contributed by atoms with van der Waals surface area (Å²) in [5, 5.41) is 5.94. The van der Waals surface area contributed by atoms with Crippen LogP contribution in [-0.2, 0) is 16.1 Å². The first-order valence-corrected chi connectivity index (χ1v) is 10.9. The van der Waals surface area contributed by atoms with E-state index in [4.69, 9.17) is 0 Å². The lowest BCUT2D eigenvalue weighted by Crippen LogP contribution is -2.29. The Hall–Kier alpha value is -2.80. The van der Waals surface area contributed by atoms with Crippen molar-refractivity contribution in [2.75, 3.05) is 11.6 Å². The first kappa shape index (κ1) is 20.9. The Morgan fingerprint density at radius 1 is 1.14 bits per heavy atom. The number of rotatable bonds is 8. The largest absolute Gasteiger partial charge is 0.346 e. The van der Waals surface area contributed by atoms with E-state index in [-0.39, 0.29) is 24.4 Å². The van der Waals surface area contributed by atoms with E-state index in [1.807, 2.05) is 73.2 Å². The van der Waals surface area contributed by atoms with E-state index in [1.165, 1.54) is 0 Å². The summed E-state index contributed by atoms with van der Waals surface area (Å²) >= 11 is 1.63. The van der Waals surface area contributed by atoms with Gasteiger partial charge in [0.05, 0.1) is 17.1 Å². The fraction of sp³-hybridized carbons (Fsp3) is 0.318. The number of carbonyl (C=O) groups is 2. The number of para-hydroxylation sites is 2. The molecule has 0 aliphatic carbocycles. The van der Waals surface area contributed by atoms with E-state index < -0.39 is 0 Å². The molecule has 2 amide bonds. The molecule has 1 aromatic heterocycles. The van der Waals surface area contributed by atoms with Gasteiger partial charge in [-0.15, -0.1) is 11.8 Å². The van der Waals surface area contributed by atoms with Crippen molar-refractivity contribution in [1.29, 1.82) is 0 Å². The second-order valence-electron chi connectivity index (χ2n) is 6.86. The van der Waals surface area contributed by atoms with Gasteiger partial charge in [-0.1, -0.05) is 25.1 Å². The molecule has 2 aromatic carbocycles. The molecule has 0 aliphatic heterocycles. The fourth-order valence-corrected chi connectivity index (χ4v) is 3.70. The predicted molar refractivity (Wildman–Crippen MR) is 118 cm³/mol. The van der Waals surface area contributed by atoms with Crippen LogP contribution in [0.15, 0.2) is 53.4 Å². The number of nitrogens with one attached hydrogen (secondary N) is 2. The Morgan fingerprint density at radius 2 is 1.93 bits per heavy atom. The number of aromatic nitrogens is 2. The minimum Gasteiger partial charge on any atom is -0.346 e. The summed E-state index contributed by atoms with van der Waals surface area (Å²) in [4.78, 5) is 30.6.